The molecule has 0 unspecified atom stereocenters. The van der Waals surface area contributed by atoms with Gasteiger partial charge in [-0.3, -0.25) is 14.4 Å². The number of amides is 1. The first-order valence-corrected chi connectivity index (χ1v) is 12.0. The van der Waals surface area contributed by atoms with E-state index < -0.39 is 23.0 Å². The van der Waals surface area contributed by atoms with E-state index in [1.807, 2.05) is 6.07 Å². The van der Waals surface area contributed by atoms with Crippen molar-refractivity contribution in [3.63, 3.8) is 0 Å². The van der Waals surface area contributed by atoms with Gasteiger partial charge in [0.15, 0.2) is 23.4 Å². The van der Waals surface area contributed by atoms with Crippen molar-refractivity contribution in [3.05, 3.63) is 46.9 Å². The molecule has 4 N–H and O–H groups in total. The minimum Gasteiger partial charge on any atom is -0.508 e. The molecule has 2 fully saturated rings. The third-order valence-corrected chi connectivity index (χ3v) is 8.75. The standard InChI is InChI=1S/C25H28N4O5/c1-28-8-6-18(27-28)26-23(32)15-11-25(33)17-10-14-4-5-16(30)21-19(14)24(25,22(34-21)20(15)31)7-9-29(17)12-13-2-3-13/h4-6,8,13,17,22,30-31,33H,2-3,7,9-12H2,1H3,(H,26,27,32)/t17-,22+,24+,25-/m1/s1. The molecule has 1 saturated carbocycles. The number of hydrogen-bond acceptors (Lipinski definition) is 7. The fourth-order valence-corrected chi connectivity index (χ4v) is 7.04. The maximum Gasteiger partial charge on any atom is 0.256 e. The van der Waals surface area contributed by atoms with E-state index in [9.17, 15) is 20.1 Å². The number of phenols is 1. The molecular weight excluding hydrogens is 436 g/mol. The highest BCUT2D eigenvalue weighted by Crippen LogP contribution is 2.66. The van der Waals surface area contributed by atoms with E-state index in [-0.39, 0.29) is 29.5 Å². The summed E-state index contributed by atoms with van der Waals surface area (Å²) >= 11 is 0. The summed E-state index contributed by atoms with van der Waals surface area (Å²) in [5.74, 6) is 0.681. The number of hydrogen-bond donors (Lipinski definition) is 4. The van der Waals surface area contributed by atoms with Crippen molar-refractivity contribution in [2.75, 3.05) is 18.4 Å². The Labute approximate surface area is 196 Å². The van der Waals surface area contributed by atoms with Gasteiger partial charge in [0.05, 0.1) is 16.6 Å². The van der Waals surface area contributed by atoms with E-state index in [1.165, 1.54) is 12.8 Å². The number of phenolic OH excluding ortho intramolecular Hbond substituents is 1. The Morgan fingerprint density at radius 2 is 2.12 bits per heavy atom. The quantitative estimate of drug-likeness (QED) is 0.544. The summed E-state index contributed by atoms with van der Waals surface area (Å²) in [7, 11) is 1.75. The van der Waals surface area contributed by atoms with Gasteiger partial charge in [-0.1, -0.05) is 6.07 Å². The van der Waals surface area contributed by atoms with Crippen LogP contribution in [0.5, 0.6) is 11.5 Å². The Morgan fingerprint density at radius 3 is 2.85 bits per heavy atom. The average molecular weight is 465 g/mol. The van der Waals surface area contributed by atoms with E-state index in [1.54, 1.807) is 30.1 Å². The topological polar surface area (TPSA) is 120 Å². The van der Waals surface area contributed by atoms with Gasteiger partial charge in [0, 0.05) is 43.9 Å². The number of likely N-dealkylation sites (tertiary alicyclic amines) is 1. The lowest BCUT2D eigenvalue weighted by molar-refractivity contribution is -0.172. The number of ether oxygens (including phenoxy) is 1. The Morgan fingerprint density at radius 1 is 1.29 bits per heavy atom. The molecule has 2 aliphatic heterocycles. The van der Waals surface area contributed by atoms with Crippen molar-refractivity contribution in [2.24, 2.45) is 13.0 Å². The third kappa shape index (κ3) is 2.46. The summed E-state index contributed by atoms with van der Waals surface area (Å²) in [5.41, 5.74) is -0.265. The molecule has 2 bridgehead atoms. The Kier molecular flexibility index (Phi) is 3.92. The van der Waals surface area contributed by atoms with Crippen LogP contribution in [0.25, 0.3) is 0 Å². The molecule has 0 radical (unpaired) electrons. The van der Waals surface area contributed by atoms with Crippen LogP contribution in [0, 0.1) is 5.92 Å². The molecular formula is C25H28N4O5. The number of aromatic nitrogens is 2. The maximum absolute atomic E-state index is 13.3. The number of anilines is 1. The van der Waals surface area contributed by atoms with Gasteiger partial charge in [-0.15, -0.1) is 0 Å². The molecule has 178 valence electrons. The Balaban J connectivity index is 1.37. The van der Waals surface area contributed by atoms with Gasteiger partial charge < -0.3 is 25.4 Å². The van der Waals surface area contributed by atoms with Gasteiger partial charge in [-0.2, -0.15) is 5.10 Å². The number of piperidine rings is 1. The van der Waals surface area contributed by atoms with E-state index in [4.69, 9.17) is 4.74 Å². The number of aliphatic hydroxyl groups excluding tert-OH is 1. The number of aromatic hydroxyl groups is 1. The summed E-state index contributed by atoms with van der Waals surface area (Å²) in [5, 5.41) is 41.5. The predicted molar refractivity (Wildman–Crippen MR) is 122 cm³/mol. The molecule has 1 spiro atoms. The molecule has 1 saturated heterocycles. The first kappa shape index (κ1) is 20.3. The molecule has 3 aliphatic carbocycles. The van der Waals surface area contributed by atoms with Crippen LogP contribution in [-0.2, 0) is 23.7 Å². The zero-order chi connectivity index (χ0) is 23.4. The molecule has 9 nitrogen and oxygen atoms in total. The van der Waals surface area contributed by atoms with Crippen molar-refractivity contribution in [3.8, 4) is 11.5 Å². The number of carbonyl (C=O) groups excluding carboxylic acids is 1. The molecule has 3 heterocycles. The van der Waals surface area contributed by atoms with Crippen LogP contribution >= 0.6 is 0 Å². The summed E-state index contributed by atoms with van der Waals surface area (Å²) in [6, 6.07) is 5.01. The van der Waals surface area contributed by atoms with Gasteiger partial charge in [-0.25, -0.2) is 0 Å². The van der Waals surface area contributed by atoms with Crippen LogP contribution in [0.15, 0.2) is 35.7 Å². The number of rotatable bonds is 4. The summed E-state index contributed by atoms with van der Waals surface area (Å²) < 4.78 is 7.79. The van der Waals surface area contributed by atoms with Gasteiger partial charge in [0.2, 0.25) is 0 Å². The van der Waals surface area contributed by atoms with Gasteiger partial charge in [-0.05, 0) is 49.8 Å². The highest BCUT2D eigenvalue weighted by atomic mass is 16.5. The molecule has 2 aromatic rings. The second kappa shape index (κ2) is 6.55. The SMILES string of the molecule is Cn1ccc(NC(=O)C2=C(O)[C@@H]3Oc4c(O)ccc5c4[C@@]34CCN(CC3CC3)[C@H](C5)[C@]4(O)C2)n1. The van der Waals surface area contributed by atoms with Crippen LogP contribution in [0.1, 0.15) is 36.8 Å². The van der Waals surface area contributed by atoms with E-state index in [0.29, 0.717) is 30.3 Å². The molecule has 5 aliphatic rings. The van der Waals surface area contributed by atoms with E-state index >= 15 is 0 Å². The highest BCUT2D eigenvalue weighted by Gasteiger charge is 2.73. The normalized spacial score (nSPS) is 33.5. The van der Waals surface area contributed by atoms with Crippen LogP contribution in [0.2, 0.25) is 0 Å². The Hall–Kier alpha value is -3.04. The van der Waals surface area contributed by atoms with Crippen molar-refractivity contribution < 1.29 is 24.9 Å². The third-order valence-electron chi connectivity index (χ3n) is 8.75. The fraction of sp³-hybridized carbons (Fsp3) is 0.520. The number of nitrogens with zero attached hydrogens (tertiary/aromatic N) is 3. The summed E-state index contributed by atoms with van der Waals surface area (Å²) in [4.78, 5) is 15.7. The van der Waals surface area contributed by atoms with Gasteiger partial charge >= 0.3 is 0 Å². The summed E-state index contributed by atoms with van der Waals surface area (Å²) in [6.45, 7) is 1.71. The fourth-order valence-electron chi connectivity index (χ4n) is 7.04. The average Bonchev–Trinajstić information content (AvgIpc) is 3.41. The van der Waals surface area contributed by atoms with Crippen LogP contribution in [-0.4, -0.2) is 66.7 Å². The number of carbonyl (C=O) groups is 1. The lowest BCUT2D eigenvalue weighted by Crippen LogP contribution is -2.75. The number of aryl methyl sites for hydroxylation is 1. The van der Waals surface area contributed by atoms with E-state index in [0.717, 1.165) is 24.2 Å². The molecule has 9 heteroatoms. The minimum absolute atomic E-state index is 0.00368. The lowest BCUT2D eigenvalue weighted by Gasteiger charge is -2.62. The smallest absolute Gasteiger partial charge is 0.256 e. The Bertz CT molecular complexity index is 1270. The number of nitrogens with one attached hydrogen (secondary N) is 1. The number of aliphatic hydroxyl groups is 2. The van der Waals surface area contributed by atoms with Crippen LogP contribution < -0.4 is 10.1 Å². The first-order chi connectivity index (χ1) is 16.3. The highest BCUT2D eigenvalue weighted by molar-refractivity contribution is 6.04. The molecule has 34 heavy (non-hydrogen) atoms. The van der Waals surface area contributed by atoms with Crippen molar-refractivity contribution >= 4 is 11.7 Å². The minimum atomic E-state index is -1.32. The van der Waals surface area contributed by atoms with Crippen molar-refractivity contribution in [1.29, 1.82) is 0 Å². The maximum atomic E-state index is 13.3. The van der Waals surface area contributed by atoms with Gasteiger partial charge in [0.1, 0.15) is 5.76 Å². The molecule has 1 aromatic heterocycles. The molecule has 1 aromatic carbocycles. The van der Waals surface area contributed by atoms with Crippen LogP contribution in [0.3, 0.4) is 0 Å². The van der Waals surface area contributed by atoms with E-state index in [2.05, 4.69) is 15.3 Å². The van der Waals surface area contributed by atoms with Crippen molar-refractivity contribution in [1.82, 2.24) is 14.7 Å². The molecule has 4 atom stereocenters. The second-order valence-corrected chi connectivity index (χ2v) is 10.6. The monoisotopic (exact) mass is 464 g/mol. The zero-order valence-electron chi connectivity index (χ0n) is 19.0. The predicted octanol–water partition coefficient (Wildman–Crippen LogP) is 1.75. The van der Waals surface area contributed by atoms with Gasteiger partial charge in [0.25, 0.3) is 5.91 Å². The number of benzene rings is 1. The largest absolute Gasteiger partial charge is 0.508 e. The lowest BCUT2D eigenvalue weighted by atomic mass is 9.49. The van der Waals surface area contributed by atoms with Crippen molar-refractivity contribution in [2.45, 2.75) is 55.3 Å². The molecule has 1 amide bonds. The molecule has 7 rings (SSSR count). The summed E-state index contributed by atoms with van der Waals surface area (Å²) in [6.07, 6.45) is 4.42. The van der Waals surface area contributed by atoms with Crippen LogP contribution in [0.4, 0.5) is 5.82 Å². The zero-order valence-corrected chi connectivity index (χ0v) is 19.0. The first-order valence-electron chi connectivity index (χ1n) is 12.0. The second-order valence-electron chi connectivity index (χ2n) is 10.6.